The van der Waals surface area contributed by atoms with E-state index in [2.05, 4.69) is 26.3 Å². The molecule has 1 fully saturated rings. The van der Waals surface area contributed by atoms with Crippen LogP contribution in [0, 0.1) is 0 Å². The number of halogens is 4. The number of amides is 1. The number of hydrazine groups is 1. The molecule has 5 rings (SSSR count). The van der Waals surface area contributed by atoms with Gasteiger partial charge in [0.15, 0.2) is 0 Å². The number of ether oxygens (including phenoxy) is 1. The Morgan fingerprint density at radius 1 is 1.25 bits per heavy atom. The van der Waals surface area contributed by atoms with E-state index >= 15 is 0 Å². The van der Waals surface area contributed by atoms with Gasteiger partial charge in [0.2, 0.25) is 0 Å². The highest BCUT2D eigenvalue weighted by molar-refractivity contribution is 9.10. The van der Waals surface area contributed by atoms with Crippen molar-refractivity contribution in [3.05, 3.63) is 58.3 Å². The molecule has 2 unspecified atom stereocenters. The summed E-state index contributed by atoms with van der Waals surface area (Å²) in [7, 11) is 0. The Hall–Kier alpha value is -2.43. The van der Waals surface area contributed by atoms with Crippen molar-refractivity contribution >= 4 is 27.5 Å². The monoisotopic (exact) mass is 508 g/mol. The number of pyridine rings is 1. The van der Waals surface area contributed by atoms with E-state index < -0.39 is 24.7 Å². The van der Waals surface area contributed by atoms with Crippen LogP contribution >= 0.6 is 15.9 Å². The van der Waals surface area contributed by atoms with Crippen molar-refractivity contribution in [3.63, 3.8) is 0 Å². The molecular formula is C22H20BrF3N4O2. The highest BCUT2D eigenvalue weighted by Crippen LogP contribution is 2.45. The number of hydrogen-bond donors (Lipinski definition) is 1. The van der Waals surface area contributed by atoms with Crippen LogP contribution in [0.25, 0.3) is 11.3 Å². The maximum atomic E-state index is 13.4. The molecule has 0 spiro atoms. The Labute approximate surface area is 191 Å². The van der Waals surface area contributed by atoms with Gasteiger partial charge in [-0.25, -0.2) is 5.43 Å². The van der Waals surface area contributed by atoms with Crippen molar-refractivity contribution in [2.24, 2.45) is 0 Å². The molecule has 3 aliphatic rings. The van der Waals surface area contributed by atoms with E-state index in [0.29, 0.717) is 27.9 Å². The molecule has 0 saturated carbocycles. The predicted octanol–water partition coefficient (Wildman–Crippen LogP) is 4.69. The fraction of sp³-hybridized carbons (Fsp3) is 0.364. The van der Waals surface area contributed by atoms with Gasteiger partial charge in [-0.1, -0.05) is 22.0 Å². The van der Waals surface area contributed by atoms with Crippen molar-refractivity contribution in [1.82, 2.24) is 15.4 Å². The number of aromatic nitrogens is 1. The SMILES string of the molecule is O=C1C2=CN(C3CCCCO3)NC2c2cc(Br)c(-c3ccccn3)cc2N1CC(F)(F)F. The molecule has 2 atom stereocenters. The first-order valence-electron chi connectivity index (χ1n) is 10.3. The van der Waals surface area contributed by atoms with Gasteiger partial charge < -0.3 is 4.74 Å². The van der Waals surface area contributed by atoms with E-state index in [1.807, 2.05) is 0 Å². The first-order valence-corrected chi connectivity index (χ1v) is 11.1. The maximum absolute atomic E-state index is 13.4. The van der Waals surface area contributed by atoms with Crippen molar-refractivity contribution in [1.29, 1.82) is 0 Å². The largest absolute Gasteiger partial charge is 0.406 e. The van der Waals surface area contributed by atoms with Crippen molar-refractivity contribution in [2.45, 2.75) is 37.7 Å². The van der Waals surface area contributed by atoms with E-state index in [-0.39, 0.29) is 17.5 Å². The van der Waals surface area contributed by atoms with E-state index in [1.54, 1.807) is 47.7 Å². The minimum atomic E-state index is -4.54. The minimum absolute atomic E-state index is 0.220. The van der Waals surface area contributed by atoms with Gasteiger partial charge in [0.25, 0.3) is 5.91 Å². The molecule has 2 aromatic rings. The molecule has 1 N–H and O–H groups in total. The van der Waals surface area contributed by atoms with Gasteiger partial charge in [-0.2, -0.15) is 13.2 Å². The van der Waals surface area contributed by atoms with Crippen LogP contribution in [0.5, 0.6) is 0 Å². The lowest BCUT2D eigenvalue weighted by molar-refractivity contribution is -0.130. The third-order valence-corrected chi connectivity index (χ3v) is 6.48. The van der Waals surface area contributed by atoms with E-state index in [0.717, 1.165) is 24.2 Å². The minimum Gasteiger partial charge on any atom is -0.357 e. The predicted molar refractivity (Wildman–Crippen MR) is 115 cm³/mol. The molecule has 1 aromatic heterocycles. The van der Waals surface area contributed by atoms with Crippen LogP contribution in [0.3, 0.4) is 0 Å². The number of carbonyl (C=O) groups is 1. The number of hydrogen-bond acceptors (Lipinski definition) is 5. The fourth-order valence-corrected chi connectivity index (χ4v) is 4.93. The number of alkyl halides is 3. The number of rotatable bonds is 3. The lowest BCUT2D eigenvalue weighted by atomic mass is 9.91. The summed E-state index contributed by atoms with van der Waals surface area (Å²) in [6, 6.07) is 8.15. The van der Waals surface area contributed by atoms with Crippen LogP contribution in [0.15, 0.2) is 52.8 Å². The summed E-state index contributed by atoms with van der Waals surface area (Å²) in [4.78, 5) is 18.3. The molecule has 0 bridgehead atoms. The lowest BCUT2D eigenvalue weighted by Gasteiger charge is -2.36. The van der Waals surface area contributed by atoms with E-state index in [4.69, 9.17) is 4.74 Å². The standard InChI is InChI=1S/C22H20BrF3N4O2/c23-16-9-14-18(10-13(16)17-5-1-3-7-27-17)29(12-22(24,25)26)21(31)15-11-30(28-20(14)15)19-6-2-4-8-32-19/h1,3,5,7,9-11,19-20,28H,2,4,6,8,12H2. The zero-order chi connectivity index (χ0) is 22.5. The number of anilines is 1. The summed E-state index contributed by atoms with van der Waals surface area (Å²) in [6.07, 6.45) is 1.13. The molecule has 1 amide bonds. The topological polar surface area (TPSA) is 57.7 Å². The Bertz CT molecular complexity index is 1070. The van der Waals surface area contributed by atoms with Gasteiger partial charge in [0.05, 0.1) is 23.0 Å². The molecule has 10 heteroatoms. The lowest BCUT2D eigenvalue weighted by Crippen LogP contribution is -2.46. The number of carbonyl (C=O) groups excluding carboxylic acids is 1. The second kappa shape index (κ2) is 8.17. The molecule has 0 radical (unpaired) electrons. The summed E-state index contributed by atoms with van der Waals surface area (Å²) in [5.74, 6) is -0.667. The van der Waals surface area contributed by atoms with Gasteiger partial charge >= 0.3 is 6.18 Å². The second-order valence-electron chi connectivity index (χ2n) is 7.99. The van der Waals surface area contributed by atoms with Crippen molar-refractivity contribution in [2.75, 3.05) is 18.1 Å². The zero-order valence-corrected chi connectivity index (χ0v) is 18.5. The Morgan fingerprint density at radius 2 is 2.09 bits per heavy atom. The summed E-state index contributed by atoms with van der Waals surface area (Å²) in [5.41, 5.74) is 5.56. The fourth-order valence-electron chi connectivity index (χ4n) is 4.37. The van der Waals surface area contributed by atoms with Gasteiger partial charge in [-0.05, 0) is 43.5 Å². The Kier molecular flexibility index (Phi) is 5.47. The van der Waals surface area contributed by atoms with Gasteiger partial charge in [0.1, 0.15) is 12.8 Å². The number of fused-ring (bicyclic) bond motifs is 3. The van der Waals surface area contributed by atoms with Crippen LogP contribution < -0.4 is 10.3 Å². The average molecular weight is 509 g/mol. The van der Waals surface area contributed by atoms with Crippen LogP contribution in [0.1, 0.15) is 30.9 Å². The summed E-state index contributed by atoms with van der Waals surface area (Å²) >= 11 is 3.55. The quantitative estimate of drug-likeness (QED) is 0.651. The molecule has 0 aliphatic carbocycles. The summed E-state index contributed by atoms with van der Waals surface area (Å²) < 4.78 is 46.8. The molecular weight excluding hydrogens is 489 g/mol. The zero-order valence-electron chi connectivity index (χ0n) is 16.9. The van der Waals surface area contributed by atoms with Crippen LogP contribution in [-0.2, 0) is 9.53 Å². The Morgan fingerprint density at radius 3 is 2.78 bits per heavy atom. The van der Waals surface area contributed by atoms with Crippen LogP contribution in [-0.4, -0.2) is 41.5 Å². The smallest absolute Gasteiger partial charge is 0.357 e. The number of benzene rings is 1. The third-order valence-electron chi connectivity index (χ3n) is 5.82. The maximum Gasteiger partial charge on any atom is 0.406 e. The first kappa shape index (κ1) is 21.4. The van der Waals surface area contributed by atoms with E-state index in [1.165, 1.54) is 0 Å². The normalized spacial score (nSPS) is 23.1. The summed E-state index contributed by atoms with van der Waals surface area (Å²) in [6.45, 7) is -0.757. The average Bonchev–Trinajstić information content (AvgIpc) is 3.23. The molecule has 6 nitrogen and oxygen atoms in total. The van der Waals surface area contributed by atoms with Gasteiger partial charge in [0, 0.05) is 34.6 Å². The molecule has 168 valence electrons. The van der Waals surface area contributed by atoms with Crippen molar-refractivity contribution in [3.8, 4) is 11.3 Å². The molecule has 3 aliphatic heterocycles. The van der Waals surface area contributed by atoms with Crippen molar-refractivity contribution < 1.29 is 22.7 Å². The highest BCUT2D eigenvalue weighted by Gasteiger charge is 2.45. The van der Waals surface area contributed by atoms with Gasteiger partial charge in [-0.3, -0.25) is 19.7 Å². The first-order chi connectivity index (χ1) is 15.3. The second-order valence-corrected chi connectivity index (χ2v) is 8.84. The molecule has 32 heavy (non-hydrogen) atoms. The summed E-state index contributed by atoms with van der Waals surface area (Å²) in [5, 5.41) is 1.72. The van der Waals surface area contributed by atoms with Crippen LogP contribution in [0.4, 0.5) is 18.9 Å². The Balaban J connectivity index is 1.60. The third kappa shape index (κ3) is 3.91. The number of nitrogens with one attached hydrogen (secondary N) is 1. The van der Waals surface area contributed by atoms with E-state index in [9.17, 15) is 18.0 Å². The highest BCUT2D eigenvalue weighted by atomic mass is 79.9. The molecule has 4 heterocycles. The molecule has 1 aromatic carbocycles. The molecule has 1 saturated heterocycles. The number of nitrogens with zero attached hydrogens (tertiary/aromatic N) is 3. The van der Waals surface area contributed by atoms with Gasteiger partial charge in [-0.15, -0.1) is 0 Å². The van der Waals surface area contributed by atoms with Crippen LogP contribution in [0.2, 0.25) is 0 Å².